The van der Waals surface area contributed by atoms with Crippen LogP contribution in [0.25, 0.3) is 5.57 Å². The topological polar surface area (TPSA) is 3.01 Å². The van der Waals surface area contributed by atoms with Gasteiger partial charge >= 0.3 is 6.18 Å². The third kappa shape index (κ3) is 2.23. The lowest BCUT2D eigenvalue weighted by atomic mass is 9.98. The van der Waals surface area contributed by atoms with Crippen molar-refractivity contribution in [3.8, 4) is 0 Å². The van der Waals surface area contributed by atoms with Crippen LogP contribution in [0.3, 0.4) is 0 Å². The summed E-state index contributed by atoms with van der Waals surface area (Å²) in [4.78, 5) is 0. The lowest BCUT2D eigenvalue weighted by Gasteiger charge is -2.14. The van der Waals surface area contributed by atoms with E-state index in [1.807, 2.05) is 6.92 Å². The Bertz CT molecular complexity index is 512. The molecule has 0 saturated heterocycles. The highest BCUT2D eigenvalue weighted by molar-refractivity contribution is 6.10. The molecule has 0 fully saturated rings. The smallest absolute Gasteiger partial charge is 0.207 e. The van der Waals surface area contributed by atoms with E-state index in [1.54, 1.807) is 17.0 Å². The zero-order valence-electron chi connectivity index (χ0n) is 9.05. The molecule has 1 heterocycles. The second kappa shape index (κ2) is 3.98. The van der Waals surface area contributed by atoms with Crippen LogP contribution in [0, 0.1) is 5.82 Å². The zero-order valence-corrected chi connectivity index (χ0v) is 9.05. The summed E-state index contributed by atoms with van der Waals surface area (Å²) < 4.78 is 52.9. The number of hydrogen-bond donors (Lipinski definition) is 0. The van der Waals surface area contributed by atoms with Gasteiger partial charge in [-0.3, -0.25) is 0 Å². The molecule has 0 aliphatic carbocycles. The van der Waals surface area contributed by atoms with Crippen molar-refractivity contribution in [2.45, 2.75) is 13.1 Å². The van der Waals surface area contributed by atoms with E-state index in [-0.39, 0.29) is 5.56 Å². The molecule has 0 atom stereocenters. The molecule has 1 nitrogen and oxygen atoms in total. The number of rotatable bonds is 2. The normalized spacial score (nSPS) is 15.1. The zero-order chi connectivity index (χ0) is 12.6. The molecule has 1 aliphatic rings. The number of allylic oxidation sites excluding steroid dienone is 1. The Morgan fingerprint density at radius 1 is 1.24 bits per heavy atom. The standard InChI is InChI=1S/C12H10F4N/c1-2-17-6-8(7-17)10-5-9(13)3-4-11(10)12(14,15)16/h3-7H,2H2,1H3/q+1. The van der Waals surface area contributed by atoms with E-state index in [4.69, 9.17) is 0 Å². The first-order chi connectivity index (χ1) is 7.91. The fourth-order valence-corrected chi connectivity index (χ4v) is 1.67. The van der Waals surface area contributed by atoms with E-state index >= 15 is 0 Å². The van der Waals surface area contributed by atoms with Gasteiger partial charge in [0.2, 0.25) is 0 Å². The first-order valence-corrected chi connectivity index (χ1v) is 5.11. The van der Waals surface area contributed by atoms with Crippen LogP contribution in [-0.4, -0.2) is 17.3 Å². The van der Waals surface area contributed by atoms with Gasteiger partial charge in [0.25, 0.3) is 0 Å². The van der Waals surface area contributed by atoms with E-state index < -0.39 is 17.6 Å². The Hall–Kier alpha value is -1.65. The summed E-state index contributed by atoms with van der Waals surface area (Å²) in [7, 11) is 0. The maximum atomic E-state index is 13.0. The van der Waals surface area contributed by atoms with Gasteiger partial charge in [0, 0.05) is 5.56 Å². The number of benzene rings is 1. The Kier molecular flexibility index (Phi) is 2.77. The second-order valence-electron chi connectivity index (χ2n) is 3.73. The minimum absolute atomic E-state index is 0.109. The van der Waals surface area contributed by atoms with Crippen molar-refractivity contribution in [1.29, 1.82) is 0 Å². The number of nitrogens with zero attached hydrogens (tertiary/aromatic N) is 1. The lowest BCUT2D eigenvalue weighted by Crippen LogP contribution is -2.19. The van der Waals surface area contributed by atoms with Gasteiger partial charge in [0.15, 0.2) is 12.4 Å². The van der Waals surface area contributed by atoms with Gasteiger partial charge in [-0.1, -0.05) is 0 Å². The molecule has 2 rings (SSSR count). The molecule has 0 radical (unpaired) electrons. The summed E-state index contributed by atoms with van der Waals surface area (Å²) in [6.45, 7) is 2.56. The maximum absolute atomic E-state index is 13.0. The van der Waals surface area contributed by atoms with Crippen molar-refractivity contribution >= 4 is 11.8 Å². The predicted molar refractivity (Wildman–Crippen MR) is 56.2 cm³/mol. The minimum atomic E-state index is -4.47. The monoisotopic (exact) mass is 244 g/mol. The molecule has 0 N–H and O–H groups in total. The van der Waals surface area contributed by atoms with Crippen molar-refractivity contribution in [3.05, 3.63) is 41.3 Å². The Morgan fingerprint density at radius 2 is 1.88 bits per heavy atom. The molecule has 0 aromatic heterocycles. The summed E-state index contributed by atoms with van der Waals surface area (Å²) >= 11 is 0. The van der Waals surface area contributed by atoms with E-state index in [2.05, 4.69) is 0 Å². The van der Waals surface area contributed by atoms with Gasteiger partial charge in [-0.2, -0.15) is 13.2 Å². The first kappa shape index (κ1) is 11.8. The highest BCUT2D eigenvalue weighted by Crippen LogP contribution is 2.35. The predicted octanol–water partition coefficient (Wildman–Crippen LogP) is 3.30. The molecular weight excluding hydrogens is 234 g/mol. The Balaban J connectivity index is 2.43. The van der Waals surface area contributed by atoms with Gasteiger partial charge < -0.3 is 0 Å². The molecular formula is C12H10F4N+. The van der Waals surface area contributed by atoms with Crippen LogP contribution >= 0.6 is 0 Å². The quantitative estimate of drug-likeness (QED) is 0.554. The molecule has 0 bridgehead atoms. The van der Waals surface area contributed by atoms with Crippen LogP contribution in [0.5, 0.6) is 0 Å². The maximum Gasteiger partial charge on any atom is 0.417 e. The van der Waals surface area contributed by atoms with Crippen molar-refractivity contribution in [2.75, 3.05) is 6.54 Å². The molecule has 0 spiro atoms. The van der Waals surface area contributed by atoms with E-state index in [0.717, 1.165) is 18.2 Å². The molecule has 1 aliphatic heterocycles. The summed E-state index contributed by atoms with van der Waals surface area (Å²) in [6, 6.07) is 2.51. The van der Waals surface area contributed by atoms with Crippen molar-refractivity contribution in [3.63, 3.8) is 0 Å². The van der Waals surface area contributed by atoms with Crippen molar-refractivity contribution in [2.24, 2.45) is 0 Å². The van der Waals surface area contributed by atoms with Gasteiger partial charge in [0.1, 0.15) is 17.9 Å². The molecule has 5 heteroatoms. The van der Waals surface area contributed by atoms with Gasteiger partial charge in [-0.25, -0.2) is 8.97 Å². The fraction of sp³-hybridized carbons (Fsp3) is 0.250. The lowest BCUT2D eigenvalue weighted by molar-refractivity contribution is -0.454. The highest BCUT2D eigenvalue weighted by atomic mass is 19.4. The SMILES string of the molecule is CC[N+]1=CC(c2cc(F)ccc2C(F)(F)F)=C1. The average Bonchev–Trinajstić information content (AvgIpc) is 2.14. The summed E-state index contributed by atoms with van der Waals surface area (Å²) in [5.41, 5.74) is -0.516. The fourth-order valence-electron chi connectivity index (χ4n) is 1.67. The molecule has 17 heavy (non-hydrogen) atoms. The minimum Gasteiger partial charge on any atom is -0.207 e. The largest absolute Gasteiger partial charge is 0.417 e. The Labute approximate surface area is 95.7 Å². The molecule has 0 unspecified atom stereocenters. The average molecular weight is 244 g/mol. The van der Waals surface area contributed by atoms with Crippen LogP contribution in [0.4, 0.5) is 17.6 Å². The van der Waals surface area contributed by atoms with Crippen LogP contribution < -0.4 is 0 Å². The Morgan fingerprint density at radius 3 is 2.41 bits per heavy atom. The van der Waals surface area contributed by atoms with Crippen LogP contribution in [0.15, 0.2) is 24.4 Å². The molecule has 0 saturated carbocycles. The second-order valence-corrected chi connectivity index (χ2v) is 3.73. The van der Waals surface area contributed by atoms with Crippen molar-refractivity contribution in [1.82, 2.24) is 0 Å². The third-order valence-electron chi connectivity index (χ3n) is 2.57. The van der Waals surface area contributed by atoms with E-state index in [0.29, 0.717) is 12.1 Å². The van der Waals surface area contributed by atoms with Crippen LogP contribution in [-0.2, 0) is 6.18 Å². The summed E-state index contributed by atoms with van der Waals surface area (Å²) in [5, 5.41) is 0. The summed E-state index contributed by atoms with van der Waals surface area (Å²) in [5.74, 6) is -0.669. The van der Waals surface area contributed by atoms with Crippen molar-refractivity contribution < 1.29 is 22.1 Å². The molecule has 0 amide bonds. The van der Waals surface area contributed by atoms with E-state index in [1.165, 1.54) is 0 Å². The molecule has 1 aromatic carbocycles. The number of halogens is 4. The number of alkyl halides is 3. The number of hydrogen-bond acceptors (Lipinski definition) is 0. The summed E-state index contributed by atoms with van der Waals surface area (Å²) in [6.07, 6.45) is -1.32. The van der Waals surface area contributed by atoms with Gasteiger partial charge in [-0.15, -0.1) is 0 Å². The first-order valence-electron chi connectivity index (χ1n) is 5.11. The third-order valence-corrected chi connectivity index (χ3v) is 2.57. The molecule has 90 valence electrons. The van der Waals surface area contributed by atoms with Gasteiger partial charge in [0.05, 0.1) is 5.56 Å². The van der Waals surface area contributed by atoms with Gasteiger partial charge in [-0.05, 0) is 25.1 Å². The molecule has 1 aromatic rings. The van der Waals surface area contributed by atoms with E-state index in [9.17, 15) is 17.6 Å². The van der Waals surface area contributed by atoms with Crippen LogP contribution in [0.1, 0.15) is 18.1 Å². The van der Waals surface area contributed by atoms with Crippen LogP contribution in [0.2, 0.25) is 0 Å². The highest BCUT2D eigenvalue weighted by Gasteiger charge is 2.36.